The largest absolute Gasteiger partial charge is 0.456 e. The molecule has 0 unspecified atom stereocenters. The average molecular weight is 502 g/mol. The molecule has 1 heterocycles. The molecule has 39 heavy (non-hydrogen) atoms. The summed E-state index contributed by atoms with van der Waals surface area (Å²) in [6.45, 7) is 0. The molecule has 0 bridgehead atoms. The van der Waals surface area contributed by atoms with E-state index in [9.17, 15) is 0 Å². The first kappa shape index (κ1) is 15.3. The summed E-state index contributed by atoms with van der Waals surface area (Å²) in [6, 6.07) is 27.9. The second kappa shape index (κ2) is 7.69. The minimum atomic E-state index is -0.461. The van der Waals surface area contributed by atoms with Crippen LogP contribution in [0.15, 0.2) is 138 Å². The van der Waals surface area contributed by atoms with Crippen LogP contribution in [0, 0.1) is 0 Å². The second-order valence-electron chi connectivity index (χ2n) is 9.93. The van der Waals surface area contributed by atoms with E-state index in [1.807, 2.05) is 54.6 Å². The molecule has 0 N–H and O–H groups in total. The zero-order chi connectivity index (χ0) is 31.6. The van der Waals surface area contributed by atoms with Crippen molar-refractivity contribution in [2.75, 3.05) is 0 Å². The van der Waals surface area contributed by atoms with Crippen molar-refractivity contribution in [3.63, 3.8) is 0 Å². The topological polar surface area (TPSA) is 13.1 Å². The molecule has 0 spiro atoms. The van der Waals surface area contributed by atoms with Crippen molar-refractivity contribution in [1.29, 1.82) is 0 Å². The number of fused-ring (bicyclic) bond motifs is 4. The van der Waals surface area contributed by atoms with Crippen molar-refractivity contribution >= 4 is 65.0 Å². The highest BCUT2D eigenvalue weighted by molar-refractivity contribution is 6.29. The maximum Gasteiger partial charge on any atom is 0.136 e. The van der Waals surface area contributed by atoms with Gasteiger partial charge >= 0.3 is 0 Å². The first-order valence-corrected chi connectivity index (χ1v) is 12.9. The van der Waals surface area contributed by atoms with Gasteiger partial charge in [-0.1, -0.05) is 121 Å². The van der Waals surface area contributed by atoms with E-state index in [1.54, 1.807) is 0 Å². The molecule has 0 atom stereocenters. The first-order valence-electron chi connectivity index (χ1n) is 16.4. The van der Waals surface area contributed by atoms with E-state index < -0.39 is 12.1 Å². The Morgan fingerprint density at radius 3 is 1.87 bits per heavy atom. The molecule has 0 amide bonds. The number of furan rings is 1. The Balaban J connectivity index is 1.41. The third-order valence-corrected chi connectivity index (χ3v) is 7.94. The summed E-state index contributed by atoms with van der Waals surface area (Å²) >= 11 is 0. The molecule has 0 aliphatic heterocycles. The minimum Gasteiger partial charge on any atom is -0.456 e. The van der Waals surface area contributed by atoms with Gasteiger partial charge in [-0.15, -0.1) is 0 Å². The summed E-state index contributed by atoms with van der Waals surface area (Å²) in [5.41, 5.74) is 4.57. The van der Waals surface area contributed by atoms with Gasteiger partial charge in [-0.3, -0.25) is 0 Å². The van der Waals surface area contributed by atoms with Crippen LogP contribution in [0.25, 0.3) is 87.3 Å². The Bertz CT molecular complexity index is 2770. The van der Waals surface area contributed by atoms with Crippen molar-refractivity contribution in [2.24, 2.45) is 0 Å². The first-order chi connectivity index (χ1) is 22.3. The van der Waals surface area contributed by atoms with Crippen LogP contribution in [0.3, 0.4) is 0 Å². The lowest BCUT2D eigenvalue weighted by Gasteiger charge is -2.17. The number of hydrogen-bond acceptors (Lipinski definition) is 1. The SMILES string of the molecule is [2H]c1c([2H])c([2H])c2c(-c3ccc4ccc5c(-c6cccc7oc8ccccc8c67)ccc6ccc3c4c65)c([2H])c([2H])c([2H])c2c1[2H]. The Kier molecular flexibility index (Phi) is 3.02. The van der Waals surface area contributed by atoms with Crippen molar-refractivity contribution in [3.8, 4) is 22.3 Å². The molecule has 9 rings (SSSR count). The lowest BCUT2D eigenvalue weighted by Crippen LogP contribution is -1.90. The summed E-state index contributed by atoms with van der Waals surface area (Å²) in [5.74, 6) is 0. The molecule has 1 nitrogen and oxygen atoms in total. The molecule has 0 fully saturated rings. The Morgan fingerprint density at radius 2 is 1.05 bits per heavy atom. The van der Waals surface area contributed by atoms with Crippen molar-refractivity contribution in [3.05, 3.63) is 133 Å². The summed E-state index contributed by atoms with van der Waals surface area (Å²) in [4.78, 5) is 0. The molecule has 1 aromatic heterocycles. The normalized spacial score (nSPS) is 14.6. The van der Waals surface area contributed by atoms with E-state index in [1.165, 1.54) is 0 Å². The summed E-state index contributed by atoms with van der Waals surface area (Å²) in [6.07, 6.45) is 0. The summed E-state index contributed by atoms with van der Waals surface area (Å²) in [5, 5.41) is 8.03. The van der Waals surface area contributed by atoms with Crippen LogP contribution >= 0.6 is 0 Å². The van der Waals surface area contributed by atoms with Gasteiger partial charge in [0.25, 0.3) is 0 Å². The molecular formula is C38H22O. The Hall–Kier alpha value is -5.14. The summed E-state index contributed by atoms with van der Waals surface area (Å²) in [7, 11) is 0. The van der Waals surface area contributed by atoms with Gasteiger partial charge in [0.1, 0.15) is 11.2 Å². The molecule has 0 saturated heterocycles. The number of para-hydroxylation sites is 1. The van der Waals surface area contributed by atoms with E-state index >= 15 is 0 Å². The third kappa shape index (κ3) is 2.85. The number of rotatable bonds is 2. The van der Waals surface area contributed by atoms with Gasteiger partial charge in [-0.25, -0.2) is 0 Å². The van der Waals surface area contributed by atoms with E-state index in [0.29, 0.717) is 5.56 Å². The van der Waals surface area contributed by atoms with Crippen LogP contribution in [0.4, 0.5) is 0 Å². The fourth-order valence-electron chi connectivity index (χ4n) is 6.27. The minimum absolute atomic E-state index is 0.0459. The van der Waals surface area contributed by atoms with Crippen molar-refractivity contribution in [2.45, 2.75) is 0 Å². The van der Waals surface area contributed by atoms with Gasteiger partial charge in [0, 0.05) is 10.8 Å². The zero-order valence-electron chi connectivity index (χ0n) is 27.6. The van der Waals surface area contributed by atoms with Gasteiger partial charge in [0.2, 0.25) is 0 Å². The number of benzene rings is 8. The van der Waals surface area contributed by atoms with Gasteiger partial charge in [0.05, 0.1) is 9.60 Å². The van der Waals surface area contributed by atoms with Crippen LogP contribution in [0.1, 0.15) is 9.60 Å². The monoisotopic (exact) mass is 501 g/mol. The van der Waals surface area contributed by atoms with E-state index in [-0.39, 0.29) is 46.5 Å². The van der Waals surface area contributed by atoms with E-state index in [4.69, 9.17) is 14.0 Å². The molecule has 9 aromatic rings. The van der Waals surface area contributed by atoms with Crippen LogP contribution in [0.5, 0.6) is 0 Å². The van der Waals surface area contributed by atoms with Crippen molar-refractivity contribution < 1.29 is 14.0 Å². The van der Waals surface area contributed by atoms with Crippen LogP contribution in [-0.2, 0) is 0 Å². The Morgan fingerprint density at radius 1 is 0.385 bits per heavy atom. The molecule has 1 heteroatoms. The molecule has 8 aromatic carbocycles. The molecule has 180 valence electrons. The van der Waals surface area contributed by atoms with Gasteiger partial charge in [-0.2, -0.15) is 0 Å². The van der Waals surface area contributed by atoms with Crippen LogP contribution in [0.2, 0.25) is 0 Å². The standard InChI is InChI=1S/C38H22O/c1-2-9-26-23(7-1)8-5-11-27(26)28-19-15-24-18-22-32-29(20-16-25-17-21-31(28)36(24)37(25)32)30-12-6-14-35-38(30)33-10-3-4-13-34(33)39-35/h1-22H/i1D,2D,5D,7D,8D,9D,11D. The highest BCUT2D eigenvalue weighted by Crippen LogP contribution is 2.45. The quantitative estimate of drug-likeness (QED) is 0.215. The second-order valence-corrected chi connectivity index (χ2v) is 9.93. The van der Waals surface area contributed by atoms with Crippen molar-refractivity contribution in [1.82, 2.24) is 0 Å². The highest BCUT2D eigenvalue weighted by atomic mass is 16.3. The van der Waals surface area contributed by atoms with Gasteiger partial charge < -0.3 is 4.42 Å². The molecule has 0 saturated carbocycles. The maximum absolute atomic E-state index is 8.99. The zero-order valence-corrected chi connectivity index (χ0v) is 20.6. The fraction of sp³-hybridized carbons (Fsp3) is 0. The van der Waals surface area contributed by atoms with Crippen LogP contribution < -0.4 is 0 Å². The molecule has 0 aliphatic rings. The molecule has 0 aliphatic carbocycles. The average Bonchev–Trinajstić information content (AvgIpc) is 3.47. The van der Waals surface area contributed by atoms with Crippen LogP contribution in [-0.4, -0.2) is 0 Å². The van der Waals surface area contributed by atoms with E-state index in [2.05, 4.69) is 36.4 Å². The smallest absolute Gasteiger partial charge is 0.136 e. The number of hydrogen-bond donors (Lipinski definition) is 0. The highest BCUT2D eigenvalue weighted by Gasteiger charge is 2.18. The lowest BCUT2D eigenvalue weighted by molar-refractivity contribution is 0.669. The van der Waals surface area contributed by atoms with Gasteiger partial charge in [-0.05, 0) is 77.5 Å². The van der Waals surface area contributed by atoms with Gasteiger partial charge in [0.15, 0.2) is 0 Å². The fourth-order valence-corrected chi connectivity index (χ4v) is 6.27. The lowest BCUT2D eigenvalue weighted by atomic mass is 9.86. The predicted octanol–water partition coefficient (Wildman–Crippen LogP) is 11.0. The van der Waals surface area contributed by atoms with E-state index in [0.717, 1.165) is 65.4 Å². The third-order valence-electron chi connectivity index (χ3n) is 7.94. The molecular weight excluding hydrogens is 472 g/mol. The summed E-state index contributed by atoms with van der Waals surface area (Å²) < 4.78 is 66.3. The predicted molar refractivity (Wildman–Crippen MR) is 166 cm³/mol. The Labute approximate surface area is 234 Å². The maximum atomic E-state index is 8.99. The molecule has 0 radical (unpaired) electrons.